The molecule has 23 heavy (non-hydrogen) atoms. The van der Waals surface area contributed by atoms with Crippen LogP contribution in [0.15, 0.2) is 18.5 Å². The number of aliphatic hydroxyl groups is 1. The predicted molar refractivity (Wildman–Crippen MR) is 79.4 cm³/mol. The standard InChI is InChI=1S/C16H19F3N2O2/c1-3-4-23-11-5-12(16(17,18)19)14-13(6-11)20-9-21(14)10-7-15(2,22)8-10/h5-6,9-10,22H,3-4,7-8H2,1-2H3/t10-,15+. The van der Waals surface area contributed by atoms with Crippen molar-refractivity contribution in [3.05, 3.63) is 24.0 Å². The number of imidazole rings is 1. The number of hydrogen-bond donors (Lipinski definition) is 1. The topological polar surface area (TPSA) is 47.3 Å². The number of fused-ring (bicyclic) bond motifs is 1. The molecule has 0 aliphatic heterocycles. The molecule has 1 saturated carbocycles. The van der Waals surface area contributed by atoms with E-state index < -0.39 is 17.3 Å². The Morgan fingerprint density at radius 2 is 2.09 bits per heavy atom. The zero-order valence-corrected chi connectivity index (χ0v) is 13.0. The summed E-state index contributed by atoms with van der Waals surface area (Å²) in [5.74, 6) is 0.178. The number of halogens is 3. The van der Waals surface area contributed by atoms with Crippen LogP contribution >= 0.6 is 0 Å². The molecule has 3 rings (SSSR count). The van der Waals surface area contributed by atoms with Gasteiger partial charge < -0.3 is 14.4 Å². The minimum atomic E-state index is -4.49. The van der Waals surface area contributed by atoms with Crippen LogP contribution in [0.2, 0.25) is 0 Å². The second-order valence-corrected chi connectivity index (χ2v) is 6.40. The average Bonchev–Trinajstić information content (AvgIpc) is 2.83. The molecule has 1 heterocycles. The van der Waals surface area contributed by atoms with E-state index in [9.17, 15) is 18.3 Å². The van der Waals surface area contributed by atoms with Gasteiger partial charge in [-0.05, 0) is 32.3 Å². The molecule has 0 saturated heterocycles. The van der Waals surface area contributed by atoms with Crippen LogP contribution in [0.1, 0.15) is 44.7 Å². The molecule has 0 radical (unpaired) electrons. The Kier molecular flexibility index (Phi) is 3.78. The van der Waals surface area contributed by atoms with Gasteiger partial charge in [0.05, 0.1) is 35.1 Å². The van der Waals surface area contributed by atoms with Gasteiger partial charge in [0.1, 0.15) is 5.75 Å². The third-order valence-electron chi connectivity index (χ3n) is 4.17. The lowest BCUT2D eigenvalue weighted by molar-refractivity contribution is -0.136. The van der Waals surface area contributed by atoms with Crippen LogP contribution in [-0.2, 0) is 6.18 Å². The summed E-state index contributed by atoms with van der Waals surface area (Å²) in [5.41, 5.74) is -1.24. The largest absolute Gasteiger partial charge is 0.494 e. The van der Waals surface area contributed by atoms with Crippen molar-refractivity contribution < 1.29 is 23.0 Å². The second kappa shape index (κ2) is 5.40. The predicted octanol–water partition coefficient (Wildman–Crippen LogP) is 3.93. The monoisotopic (exact) mass is 328 g/mol. The second-order valence-electron chi connectivity index (χ2n) is 6.40. The molecule has 4 nitrogen and oxygen atoms in total. The van der Waals surface area contributed by atoms with Gasteiger partial charge in [0, 0.05) is 12.1 Å². The summed E-state index contributed by atoms with van der Waals surface area (Å²) in [6, 6.07) is 2.40. The number of aromatic nitrogens is 2. The summed E-state index contributed by atoms with van der Waals surface area (Å²) in [7, 11) is 0. The number of benzene rings is 1. The third-order valence-corrected chi connectivity index (χ3v) is 4.17. The van der Waals surface area contributed by atoms with Crippen molar-refractivity contribution in [1.29, 1.82) is 0 Å². The number of hydrogen-bond acceptors (Lipinski definition) is 3. The fourth-order valence-corrected chi connectivity index (χ4v) is 3.09. The van der Waals surface area contributed by atoms with Gasteiger partial charge in [-0.25, -0.2) is 4.98 Å². The van der Waals surface area contributed by atoms with E-state index >= 15 is 0 Å². The van der Waals surface area contributed by atoms with Crippen molar-refractivity contribution in [2.24, 2.45) is 0 Å². The molecule has 126 valence electrons. The van der Waals surface area contributed by atoms with E-state index in [0.29, 0.717) is 25.9 Å². The van der Waals surface area contributed by atoms with E-state index in [1.165, 1.54) is 17.0 Å². The Morgan fingerprint density at radius 1 is 1.39 bits per heavy atom. The molecule has 1 aromatic heterocycles. The van der Waals surface area contributed by atoms with Crippen molar-refractivity contribution in [2.45, 2.75) is 50.9 Å². The van der Waals surface area contributed by atoms with Crippen molar-refractivity contribution in [3.63, 3.8) is 0 Å². The first-order valence-electron chi connectivity index (χ1n) is 7.64. The minimum absolute atomic E-state index is 0.0573. The highest BCUT2D eigenvalue weighted by Gasteiger charge is 2.42. The highest BCUT2D eigenvalue weighted by molar-refractivity contribution is 5.82. The van der Waals surface area contributed by atoms with Gasteiger partial charge >= 0.3 is 6.18 Å². The van der Waals surface area contributed by atoms with Crippen LogP contribution in [0.3, 0.4) is 0 Å². The quantitative estimate of drug-likeness (QED) is 0.925. The maximum atomic E-state index is 13.5. The van der Waals surface area contributed by atoms with Gasteiger partial charge in [0.25, 0.3) is 0 Å². The first-order valence-corrected chi connectivity index (χ1v) is 7.64. The fourth-order valence-electron chi connectivity index (χ4n) is 3.09. The maximum absolute atomic E-state index is 13.5. The summed E-state index contributed by atoms with van der Waals surface area (Å²) < 4.78 is 47.3. The molecular formula is C16H19F3N2O2. The summed E-state index contributed by atoms with van der Waals surface area (Å²) in [5, 5.41) is 9.85. The van der Waals surface area contributed by atoms with Crippen LogP contribution in [0.5, 0.6) is 5.75 Å². The average molecular weight is 328 g/mol. The Bertz CT molecular complexity index is 714. The first kappa shape index (κ1) is 16.1. The van der Waals surface area contributed by atoms with Crippen molar-refractivity contribution in [3.8, 4) is 5.75 Å². The van der Waals surface area contributed by atoms with Crippen LogP contribution < -0.4 is 4.74 Å². The van der Waals surface area contributed by atoms with Gasteiger partial charge in [0.15, 0.2) is 0 Å². The molecule has 1 N–H and O–H groups in total. The summed E-state index contributed by atoms with van der Waals surface area (Å²) >= 11 is 0. The Balaban J connectivity index is 2.07. The van der Waals surface area contributed by atoms with E-state index in [-0.39, 0.29) is 22.8 Å². The molecule has 1 aromatic carbocycles. The number of nitrogens with zero attached hydrogens (tertiary/aromatic N) is 2. The van der Waals surface area contributed by atoms with E-state index in [0.717, 1.165) is 6.07 Å². The van der Waals surface area contributed by atoms with E-state index in [1.54, 1.807) is 6.92 Å². The highest BCUT2D eigenvalue weighted by Crippen LogP contribution is 2.45. The minimum Gasteiger partial charge on any atom is -0.494 e. The lowest BCUT2D eigenvalue weighted by Gasteiger charge is -2.41. The molecule has 1 fully saturated rings. The van der Waals surface area contributed by atoms with Crippen molar-refractivity contribution >= 4 is 11.0 Å². The SMILES string of the molecule is CCCOc1cc(C(F)(F)F)c2c(c1)ncn2[C@H]1C[C@@](C)(O)C1. The van der Waals surface area contributed by atoms with Gasteiger partial charge in [-0.2, -0.15) is 13.2 Å². The highest BCUT2D eigenvalue weighted by atomic mass is 19.4. The number of ether oxygens (including phenoxy) is 1. The number of rotatable bonds is 4. The lowest BCUT2D eigenvalue weighted by Crippen LogP contribution is -2.41. The Labute approximate surface area is 131 Å². The van der Waals surface area contributed by atoms with Gasteiger partial charge in [0.2, 0.25) is 0 Å². The third kappa shape index (κ3) is 3.02. The summed E-state index contributed by atoms with van der Waals surface area (Å²) in [4.78, 5) is 4.11. The van der Waals surface area contributed by atoms with Crippen LogP contribution in [0.25, 0.3) is 11.0 Å². The molecule has 1 aliphatic rings. The molecule has 1 aliphatic carbocycles. The molecule has 0 amide bonds. The molecular weight excluding hydrogens is 309 g/mol. The Hall–Kier alpha value is -1.76. The molecule has 0 unspecified atom stereocenters. The van der Waals surface area contributed by atoms with Crippen molar-refractivity contribution in [2.75, 3.05) is 6.61 Å². The van der Waals surface area contributed by atoms with Gasteiger partial charge in [-0.1, -0.05) is 6.92 Å². The molecule has 0 spiro atoms. The smallest absolute Gasteiger partial charge is 0.418 e. The molecule has 2 aromatic rings. The maximum Gasteiger partial charge on any atom is 0.418 e. The molecule has 0 atom stereocenters. The Morgan fingerprint density at radius 3 is 2.65 bits per heavy atom. The van der Waals surface area contributed by atoms with Crippen molar-refractivity contribution in [1.82, 2.24) is 9.55 Å². The summed E-state index contributed by atoms with van der Waals surface area (Å²) in [6.07, 6.45) is -1.52. The van der Waals surface area contributed by atoms with Crippen LogP contribution in [-0.4, -0.2) is 26.9 Å². The summed E-state index contributed by atoms with van der Waals surface area (Å²) in [6.45, 7) is 3.93. The van der Waals surface area contributed by atoms with Crippen LogP contribution in [0, 0.1) is 0 Å². The van der Waals surface area contributed by atoms with Gasteiger partial charge in [-0.3, -0.25) is 0 Å². The fraction of sp³-hybridized carbons (Fsp3) is 0.562. The van der Waals surface area contributed by atoms with Gasteiger partial charge in [-0.15, -0.1) is 0 Å². The normalized spacial score (nSPS) is 24.7. The lowest BCUT2D eigenvalue weighted by atomic mass is 9.77. The number of alkyl halides is 3. The molecule has 0 bridgehead atoms. The van der Waals surface area contributed by atoms with E-state index in [2.05, 4.69) is 4.98 Å². The van der Waals surface area contributed by atoms with E-state index in [1.807, 2.05) is 6.92 Å². The first-order chi connectivity index (χ1) is 10.7. The van der Waals surface area contributed by atoms with Crippen LogP contribution in [0.4, 0.5) is 13.2 Å². The zero-order chi connectivity index (χ0) is 16.8. The molecule has 7 heteroatoms. The zero-order valence-electron chi connectivity index (χ0n) is 13.0. The van der Waals surface area contributed by atoms with E-state index in [4.69, 9.17) is 4.74 Å².